The molecule has 0 spiro atoms. The van der Waals surface area contributed by atoms with Crippen molar-refractivity contribution in [1.29, 1.82) is 0 Å². The molecule has 0 aromatic heterocycles. The second-order valence-electron chi connectivity index (χ2n) is 3.60. The van der Waals surface area contributed by atoms with Crippen LogP contribution in [-0.2, 0) is 9.09 Å². The van der Waals surface area contributed by atoms with Gasteiger partial charge in [-0.2, -0.15) is 4.20 Å². The van der Waals surface area contributed by atoms with Gasteiger partial charge in [0.1, 0.15) is 0 Å². The Kier molecular flexibility index (Phi) is 10.2. The van der Waals surface area contributed by atoms with Crippen molar-refractivity contribution in [3.05, 3.63) is 0 Å². The maximum absolute atomic E-state index is 13.2. The Morgan fingerprint density at radius 1 is 1.20 bits per heavy atom. The van der Waals surface area contributed by atoms with Gasteiger partial charge >= 0.3 is 7.68 Å². The summed E-state index contributed by atoms with van der Waals surface area (Å²) >= 11 is 3.10. The highest BCUT2D eigenvalue weighted by Crippen LogP contribution is 2.49. The Balaban J connectivity index is 3.36. The van der Waals surface area contributed by atoms with E-state index in [1.807, 2.05) is 0 Å². The molecule has 0 fully saturated rings. The zero-order valence-electron chi connectivity index (χ0n) is 9.38. The van der Waals surface area contributed by atoms with Crippen LogP contribution in [0.1, 0.15) is 45.4 Å². The van der Waals surface area contributed by atoms with Gasteiger partial charge in [-0.05, 0) is 6.42 Å². The van der Waals surface area contributed by atoms with E-state index < -0.39 is 7.68 Å². The summed E-state index contributed by atoms with van der Waals surface area (Å²) < 4.78 is 29.0. The first kappa shape index (κ1) is 15.6. The summed E-state index contributed by atoms with van der Waals surface area (Å²) in [5.74, 6) is 0. The van der Waals surface area contributed by atoms with Crippen LogP contribution < -0.4 is 0 Å². The van der Waals surface area contributed by atoms with E-state index >= 15 is 0 Å². The van der Waals surface area contributed by atoms with E-state index in [0.29, 0.717) is 11.8 Å². The Hall–Kier alpha value is 0.600. The van der Waals surface area contributed by atoms with E-state index in [-0.39, 0.29) is 12.8 Å². The average Bonchev–Trinajstić information content (AvgIpc) is 2.20. The minimum absolute atomic E-state index is 0.0755. The molecule has 1 unspecified atom stereocenters. The first-order chi connectivity index (χ1) is 7.12. The molecule has 1 atom stereocenters. The molecule has 0 rings (SSSR count). The number of hydrogen-bond acceptors (Lipinski definition) is 2. The SMILES string of the molecule is CCCCCCCCP(=O)(F)OCCBr. The Morgan fingerprint density at radius 2 is 1.80 bits per heavy atom. The molecule has 0 amide bonds. The van der Waals surface area contributed by atoms with Gasteiger partial charge in [0.2, 0.25) is 0 Å². The Bertz CT molecular complexity index is 190. The van der Waals surface area contributed by atoms with Crippen molar-refractivity contribution >= 4 is 23.6 Å². The average molecular weight is 303 g/mol. The van der Waals surface area contributed by atoms with Gasteiger partial charge in [-0.25, -0.2) is 0 Å². The lowest BCUT2D eigenvalue weighted by molar-refractivity contribution is 0.306. The van der Waals surface area contributed by atoms with Gasteiger partial charge in [0.25, 0.3) is 0 Å². The smallest absolute Gasteiger partial charge is 0.305 e. The molecule has 0 aliphatic rings. The van der Waals surface area contributed by atoms with E-state index in [4.69, 9.17) is 0 Å². The molecule has 0 heterocycles. The topological polar surface area (TPSA) is 26.3 Å². The summed E-state index contributed by atoms with van der Waals surface area (Å²) in [6.07, 6.45) is 6.42. The summed E-state index contributed by atoms with van der Waals surface area (Å²) in [6, 6.07) is 0. The van der Waals surface area contributed by atoms with Crippen LogP contribution in [0.15, 0.2) is 0 Å². The summed E-state index contributed by atoms with van der Waals surface area (Å²) in [5, 5.41) is 0.525. The molecule has 92 valence electrons. The third-order valence-electron chi connectivity index (χ3n) is 2.14. The number of halogens is 2. The van der Waals surface area contributed by atoms with Gasteiger partial charge in [0.05, 0.1) is 12.8 Å². The quantitative estimate of drug-likeness (QED) is 0.325. The van der Waals surface area contributed by atoms with Crippen LogP contribution in [0.3, 0.4) is 0 Å². The van der Waals surface area contributed by atoms with Crippen LogP contribution in [-0.4, -0.2) is 18.1 Å². The lowest BCUT2D eigenvalue weighted by Gasteiger charge is -2.08. The molecule has 0 aliphatic heterocycles. The molecule has 0 saturated carbocycles. The maximum atomic E-state index is 13.2. The molecule has 2 nitrogen and oxygen atoms in total. The van der Waals surface area contributed by atoms with E-state index in [2.05, 4.69) is 27.4 Å². The normalized spacial score (nSPS) is 15.1. The van der Waals surface area contributed by atoms with Crippen LogP contribution >= 0.6 is 23.6 Å². The molecule has 5 heteroatoms. The van der Waals surface area contributed by atoms with E-state index in [9.17, 15) is 8.76 Å². The molecule has 0 bridgehead atoms. The minimum atomic E-state index is -3.79. The molecule has 0 aromatic carbocycles. The highest BCUT2D eigenvalue weighted by molar-refractivity contribution is 9.09. The van der Waals surface area contributed by atoms with Crippen LogP contribution in [0.4, 0.5) is 4.20 Å². The fourth-order valence-corrected chi connectivity index (χ4v) is 2.82. The van der Waals surface area contributed by atoms with Crippen LogP contribution in [0, 0.1) is 0 Å². The molecular weight excluding hydrogens is 282 g/mol. The second kappa shape index (κ2) is 9.80. The molecule has 0 aromatic rings. The fraction of sp³-hybridized carbons (Fsp3) is 1.00. The molecule has 0 radical (unpaired) electrons. The monoisotopic (exact) mass is 302 g/mol. The fourth-order valence-electron chi connectivity index (χ4n) is 1.32. The summed E-state index contributed by atoms with van der Waals surface area (Å²) in [4.78, 5) is 0. The number of hydrogen-bond donors (Lipinski definition) is 0. The Morgan fingerprint density at radius 3 is 2.40 bits per heavy atom. The van der Waals surface area contributed by atoms with E-state index in [1.165, 1.54) is 19.3 Å². The molecule has 0 N–H and O–H groups in total. The van der Waals surface area contributed by atoms with Gasteiger partial charge in [0, 0.05) is 5.33 Å². The standard InChI is InChI=1S/C10H21BrFO2P/c1-2-3-4-5-6-7-10-15(12,13)14-9-8-11/h2-10H2,1H3. The van der Waals surface area contributed by atoms with Crippen molar-refractivity contribution in [1.82, 2.24) is 0 Å². The molecule has 15 heavy (non-hydrogen) atoms. The maximum Gasteiger partial charge on any atom is 0.367 e. The van der Waals surface area contributed by atoms with Gasteiger partial charge in [0.15, 0.2) is 0 Å². The highest BCUT2D eigenvalue weighted by atomic mass is 79.9. The zero-order chi connectivity index (χ0) is 11.6. The first-order valence-corrected chi connectivity index (χ1v) is 8.44. The highest BCUT2D eigenvalue weighted by Gasteiger charge is 2.20. The Labute approximate surface area is 101 Å². The van der Waals surface area contributed by atoms with Gasteiger partial charge in [-0.1, -0.05) is 55.0 Å². The van der Waals surface area contributed by atoms with Crippen molar-refractivity contribution in [3.63, 3.8) is 0 Å². The van der Waals surface area contributed by atoms with Gasteiger partial charge in [-0.15, -0.1) is 0 Å². The second-order valence-corrected chi connectivity index (χ2v) is 6.28. The van der Waals surface area contributed by atoms with Gasteiger partial charge in [-0.3, -0.25) is 4.57 Å². The summed E-state index contributed by atoms with van der Waals surface area (Å²) in [5.41, 5.74) is 0. The van der Waals surface area contributed by atoms with Crippen molar-refractivity contribution < 1.29 is 13.3 Å². The lowest BCUT2D eigenvalue weighted by Crippen LogP contribution is -1.94. The molecular formula is C10H21BrFO2P. The largest absolute Gasteiger partial charge is 0.367 e. The zero-order valence-corrected chi connectivity index (χ0v) is 11.9. The molecule has 0 saturated heterocycles. The number of alkyl halides is 1. The predicted molar refractivity (Wildman–Crippen MR) is 66.7 cm³/mol. The third-order valence-corrected chi connectivity index (χ3v) is 3.88. The number of rotatable bonds is 10. The van der Waals surface area contributed by atoms with Crippen molar-refractivity contribution in [2.75, 3.05) is 18.1 Å². The molecule has 0 aliphatic carbocycles. The summed E-state index contributed by atoms with van der Waals surface area (Å²) in [7, 11) is -3.79. The van der Waals surface area contributed by atoms with Crippen LogP contribution in [0.5, 0.6) is 0 Å². The first-order valence-electron chi connectivity index (χ1n) is 5.61. The van der Waals surface area contributed by atoms with E-state index in [0.717, 1.165) is 12.8 Å². The minimum Gasteiger partial charge on any atom is -0.305 e. The van der Waals surface area contributed by atoms with Crippen molar-refractivity contribution in [2.24, 2.45) is 0 Å². The lowest BCUT2D eigenvalue weighted by atomic mass is 10.1. The van der Waals surface area contributed by atoms with Gasteiger partial charge < -0.3 is 4.52 Å². The van der Waals surface area contributed by atoms with E-state index in [1.54, 1.807) is 0 Å². The van der Waals surface area contributed by atoms with Crippen molar-refractivity contribution in [3.8, 4) is 0 Å². The van der Waals surface area contributed by atoms with Crippen LogP contribution in [0.2, 0.25) is 0 Å². The third kappa shape index (κ3) is 10.9. The number of unbranched alkanes of at least 4 members (excludes halogenated alkanes) is 5. The summed E-state index contributed by atoms with van der Waals surface area (Å²) in [6.45, 7) is 2.34. The van der Waals surface area contributed by atoms with Crippen molar-refractivity contribution in [2.45, 2.75) is 45.4 Å². The predicted octanol–water partition coefficient (Wildman–Crippen LogP) is 4.92. The van der Waals surface area contributed by atoms with Crippen LogP contribution in [0.25, 0.3) is 0 Å².